The number of aliphatic hydroxyl groups excluding tert-OH is 5. The molecule has 0 radical (unpaired) electrons. The molecule has 1 aromatic heterocycles. The number of aliphatic hydroxyl groups is 5. The summed E-state index contributed by atoms with van der Waals surface area (Å²) in [4.78, 5) is 34.3. The van der Waals surface area contributed by atoms with Gasteiger partial charge in [0.2, 0.25) is 12.0 Å². The number of carbonyl (C=O) groups is 3. The highest BCUT2D eigenvalue weighted by Crippen LogP contribution is 2.43. The normalized spacial score (nSPS) is 23.6. The van der Waals surface area contributed by atoms with Crippen LogP contribution < -0.4 is 19.3 Å². The Labute approximate surface area is 425 Å². The van der Waals surface area contributed by atoms with Gasteiger partial charge in [0, 0.05) is 30.4 Å². The molecule has 4 aromatic carbocycles. The van der Waals surface area contributed by atoms with Crippen LogP contribution in [0.3, 0.4) is 0 Å². The third kappa shape index (κ3) is 14.0. The third-order valence-electron chi connectivity index (χ3n) is 11.1. The molecule has 76 heavy (non-hydrogen) atoms. The second kappa shape index (κ2) is 24.5. The van der Waals surface area contributed by atoms with Gasteiger partial charge in [-0.1, -0.05) is 12.1 Å². The van der Waals surface area contributed by atoms with Crippen molar-refractivity contribution >= 4 is 41.0 Å². The number of phenolic OH excluding ortho intramolecular Hbond substituents is 6. The van der Waals surface area contributed by atoms with E-state index in [0.29, 0.717) is 11.1 Å². The number of carboxylic acid groups (broad SMARTS) is 1. The fourth-order valence-corrected chi connectivity index (χ4v) is 7.22. The molecular weight excluding hydrogens is 1030 g/mol. The zero-order valence-electron chi connectivity index (χ0n) is 39.3. The van der Waals surface area contributed by atoms with Gasteiger partial charge in [-0.25, -0.2) is 14.0 Å². The molecule has 7 rings (SSSR count). The number of carbonyl (C=O) groups excluding carboxylic acids is 3. The fraction of sp³-hybridized carbons (Fsp3) is 0.306. The van der Waals surface area contributed by atoms with Crippen LogP contribution in [0, 0.1) is 0 Å². The Morgan fingerprint density at radius 3 is 1.71 bits per heavy atom. The molecule has 10 atom stereocenters. The van der Waals surface area contributed by atoms with Gasteiger partial charge in [-0.15, -0.1) is 0 Å². The highest BCUT2D eigenvalue weighted by Gasteiger charge is 2.52. The molecular formula is C49H47F3O24. The van der Waals surface area contributed by atoms with Crippen LogP contribution in [0.5, 0.6) is 51.7 Å². The van der Waals surface area contributed by atoms with Gasteiger partial charge in [0.25, 0.3) is 0 Å². The van der Waals surface area contributed by atoms with Crippen molar-refractivity contribution in [1.29, 1.82) is 0 Å². The van der Waals surface area contributed by atoms with Crippen LogP contribution in [0.1, 0.15) is 11.1 Å². The number of esters is 2. The van der Waals surface area contributed by atoms with Gasteiger partial charge in [0.15, 0.2) is 46.9 Å². The summed E-state index contributed by atoms with van der Waals surface area (Å²) in [5.74, 6) is -7.32. The van der Waals surface area contributed by atoms with E-state index in [4.69, 9.17) is 52.2 Å². The topological polar surface area (TPSA) is 382 Å². The van der Waals surface area contributed by atoms with Crippen LogP contribution >= 0.6 is 0 Å². The van der Waals surface area contributed by atoms with Crippen molar-refractivity contribution in [1.82, 2.24) is 0 Å². The number of hydrogen-bond acceptors (Lipinski definition) is 23. The van der Waals surface area contributed by atoms with Gasteiger partial charge in [-0.05, 0) is 59.7 Å². The molecule has 0 unspecified atom stereocenters. The summed E-state index contributed by atoms with van der Waals surface area (Å²) < 4.78 is 82.7. The summed E-state index contributed by atoms with van der Waals surface area (Å²) in [6.07, 6.45) is -19.6. The number of fused-ring (bicyclic) bond motifs is 1. The van der Waals surface area contributed by atoms with Gasteiger partial charge >= 0.3 is 29.5 Å². The average molecular weight is 1080 g/mol. The number of benzene rings is 4. The van der Waals surface area contributed by atoms with Crippen LogP contribution in [-0.4, -0.2) is 169 Å². The maximum atomic E-state index is 12.8. The number of aromatic hydroxyl groups is 6. The van der Waals surface area contributed by atoms with Crippen molar-refractivity contribution < 1.29 is 131 Å². The molecule has 24 nitrogen and oxygen atoms in total. The number of phenols is 6. The van der Waals surface area contributed by atoms with Gasteiger partial charge in [0.1, 0.15) is 78.8 Å². The third-order valence-corrected chi connectivity index (χ3v) is 11.1. The molecule has 0 aliphatic carbocycles. The predicted molar refractivity (Wildman–Crippen MR) is 246 cm³/mol. The number of alkyl halides is 3. The van der Waals surface area contributed by atoms with E-state index in [-0.39, 0.29) is 56.8 Å². The molecule has 0 spiro atoms. The molecule has 11 N–H and O–H groups in total. The van der Waals surface area contributed by atoms with Crippen molar-refractivity contribution in [2.24, 2.45) is 0 Å². The lowest BCUT2D eigenvalue weighted by Gasteiger charge is -2.45. The molecule has 2 fully saturated rings. The number of ether oxygens (including phenoxy) is 8. The highest BCUT2D eigenvalue weighted by molar-refractivity contribution is 5.89. The van der Waals surface area contributed by atoms with Crippen LogP contribution in [0.4, 0.5) is 13.2 Å². The zero-order valence-corrected chi connectivity index (χ0v) is 39.3. The van der Waals surface area contributed by atoms with E-state index >= 15 is 0 Å². The zero-order chi connectivity index (χ0) is 55.8. The maximum absolute atomic E-state index is 12.8. The molecule has 2 saturated heterocycles. The Balaban J connectivity index is 0.00000125. The van der Waals surface area contributed by atoms with Crippen LogP contribution in [-0.2, 0) is 38.1 Å². The lowest BCUT2D eigenvalue weighted by molar-refractivity contribution is -0.358. The first-order chi connectivity index (χ1) is 35.9. The molecule has 2 aliphatic rings. The smallest absolute Gasteiger partial charge is 0.430 e. The number of rotatable bonds is 15. The van der Waals surface area contributed by atoms with E-state index in [1.54, 1.807) is 0 Å². The van der Waals surface area contributed by atoms with E-state index in [9.17, 15) is 78.9 Å². The second-order valence-corrected chi connectivity index (χ2v) is 16.4. The number of carboxylic acids is 1. The van der Waals surface area contributed by atoms with Crippen molar-refractivity contribution in [2.75, 3.05) is 27.4 Å². The first-order valence-electron chi connectivity index (χ1n) is 22.0. The summed E-state index contributed by atoms with van der Waals surface area (Å²) in [7, 11) is 2.63. The van der Waals surface area contributed by atoms with Crippen molar-refractivity contribution in [3.63, 3.8) is 0 Å². The summed E-state index contributed by atoms with van der Waals surface area (Å²) in [5, 5.41) is 125. The lowest BCUT2D eigenvalue weighted by Crippen LogP contribution is -2.65. The second-order valence-electron chi connectivity index (χ2n) is 16.4. The van der Waals surface area contributed by atoms with Gasteiger partial charge in [-0.3, -0.25) is 0 Å². The first kappa shape index (κ1) is 57.1. The SMILES string of the molecule is COc1cc(/C=C/C(=O)OC[C@H]2O[C@@H](O[C@H]3[C@H](Oc4cc5c(O)cc(O)cc5[o+]c4-c4ccc(O)c(OC)c4)O[C@H](COC(=O)/C=C/c4ccc(O)c(O)c4)[C@@H](O)[C@@H]3O)[C@H](O)[C@@H](O)[C@@H]2O)ccc1O.O=C([O-])C(F)(F)F. The summed E-state index contributed by atoms with van der Waals surface area (Å²) in [6, 6.07) is 15.5. The number of halogens is 3. The summed E-state index contributed by atoms with van der Waals surface area (Å²) in [6.45, 7) is -1.46. The Morgan fingerprint density at radius 1 is 0.618 bits per heavy atom. The van der Waals surface area contributed by atoms with E-state index in [0.717, 1.165) is 18.2 Å². The lowest BCUT2D eigenvalue weighted by atomic mass is 9.97. The number of methoxy groups -OCH3 is 2. The van der Waals surface area contributed by atoms with E-state index < -0.39 is 116 Å². The average Bonchev–Trinajstić information content (AvgIpc) is 3.38. The van der Waals surface area contributed by atoms with Crippen molar-refractivity contribution in [3.05, 3.63) is 96.1 Å². The van der Waals surface area contributed by atoms with Crippen molar-refractivity contribution in [3.8, 4) is 63.1 Å². The number of aliphatic carboxylic acids is 1. The largest absolute Gasteiger partial charge is 0.542 e. The molecule has 2 aliphatic heterocycles. The van der Waals surface area contributed by atoms with Gasteiger partial charge in [0.05, 0.1) is 25.8 Å². The standard InChI is InChI=1S/C47H46O22.C2HF3O2/c1-61-32-14-22(4-9-27(32)50)6-12-38(55)63-19-35-39(56)41(58)43(60)46(67-35)69-45-42(59)40(57)36(20-64-37(54)11-5-21-3-8-26(49)30(53)13-21)68-47(45)66-34-18-25-29(52)16-24(48)17-31(25)65-44(34)23-7-10-28(51)33(15-23)62-2;3-2(4,5)1(6)7/h3-18,35-36,39-43,45-47,56-60H,19-20H2,1-2H3,(H5-,48,49,50,51,52,53,54,55);(H,6,7)/t35-,36-,39-,40-,41+,42+,43-,45-,46+,47-;/m1./s1. The highest BCUT2D eigenvalue weighted by atomic mass is 19.4. The molecule has 0 saturated carbocycles. The molecule has 0 amide bonds. The minimum absolute atomic E-state index is 0.0160. The molecule has 0 bridgehead atoms. The van der Waals surface area contributed by atoms with Crippen molar-refractivity contribution in [2.45, 2.75) is 67.6 Å². The summed E-state index contributed by atoms with van der Waals surface area (Å²) in [5.41, 5.74) is 0.862. The number of hydrogen-bond donors (Lipinski definition) is 11. The predicted octanol–water partition coefficient (Wildman–Crippen LogP) is 1.46. The fourth-order valence-electron chi connectivity index (χ4n) is 7.22. The monoisotopic (exact) mass is 1080 g/mol. The Kier molecular flexibility index (Phi) is 18.4. The van der Waals surface area contributed by atoms with E-state index in [1.807, 2.05) is 0 Å². The van der Waals surface area contributed by atoms with E-state index in [2.05, 4.69) is 0 Å². The Hall–Kier alpha value is -8.15. The molecule has 3 heterocycles. The minimum atomic E-state index is -5.19. The maximum Gasteiger partial charge on any atom is 0.430 e. The Bertz CT molecular complexity index is 2950. The summed E-state index contributed by atoms with van der Waals surface area (Å²) >= 11 is 0. The van der Waals surface area contributed by atoms with Crippen LogP contribution in [0.15, 0.2) is 89.4 Å². The quantitative estimate of drug-likeness (QED) is 0.0306. The van der Waals surface area contributed by atoms with Crippen LogP contribution in [0.2, 0.25) is 0 Å². The van der Waals surface area contributed by atoms with Crippen LogP contribution in [0.25, 0.3) is 34.4 Å². The van der Waals surface area contributed by atoms with Gasteiger partial charge < -0.3 is 104 Å². The minimum Gasteiger partial charge on any atom is -0.542 e. The van der Waals surface area contributed by atoms with Gasteiger partial charge in [-0.2, -0.15) is 13.2 Å². The van der Waals surface area contributed by atoms with E-state index in [1.165, 1.54) is 93.1 Å². The Morgan fingerprint density at radius 2 is 1.14 bits per heavy atom. The first-order valence-corrected chi connectivity index (χ1v) is 22.0. The molecule has 408 valence electrons. The molecule has 27 heteroatoms. The molecule has 5 aromatic rings.